The Bertz CT molecular complexity index is 324. The van der Waals surface area contributed by atoms with Gasteiger partial charge in [0, 0.05) is 24.8 Å². The summed E-state index contributed by atoms with van der Waals surface area (Å²) in [6.07, 6.45) is 1.89. The van der Waals surface area contributed by atoms with Gasteiger partial charge in [-0.05, 0) is 39.4 Å². The summed E-state index contributed by atoms with van der Waals surface area (Å²) in [7, 11) is 1.94. The maximum atomic E-state index is 9.05. The van der Waals surface area contributed by atoms with Gasteiger partial charge in [0.05, 0.1) is 6.61 Å². The van der Waals surface area contributed by atoms with Gasteiger partial charge >= 0.3 is 0 Å². The van der Waals surface area contributed by atoms with Crippen molar-refractivity contribution in [3.63, 3.8) is 0 Å². The summed E-state index contributed by atoms with van der Waals surface area (Å²) in [5.41, 5.74) is 1.17. The molecule has 0 saturated heterocycles. The number of hydrogen-bond donors (Lipinski definition) is 2. The van der Waals surface area contributed by atoms with Crippen molar-refractivity contribution in [3.8, 4) is 0 Å². The lowest BCUT2D eigenvalue weighted by atomic mass is 10.1. The molecule has 1 unspecified atom stereocenters. The molecule has 0 aliphatic heterocycles. The van der Waals surface area contributed by atoms with Crippen LogP contribution in [0.4, 0.5) is 5.82 Å². The summed E-state index contributed by atoms with van der Waals surface area (Å²) in [5.74, 6) is 0.918. The van der Waals surface area contributed by atoms with E-state index in [4.69, 9.17) is 5.11 Å². The van der Waals surface area contributed by atoms with E-state index in [-0.39, 0.29) is 6.61 Å². The molecule has 4 nitrogen and oxygen atoms in total. The quantitative estimate of drug-likeness (QED) is 0.788. The maximum absolute atomic E-state index is 9.05. The number of anilines is 1. The van der Waals surface area contributed by atoms with Crippen LogP contribution in [0.1, 0.15) is 32.4 Å². The van der Waals surface area contributed by atoms with Crippen LogP contribution in [-0.4, -0.2) is 36.3 Å². The highest BCUT2D eigenvalue weighted by Gasteiger charge is 2.11. The van der Waals surface area contributed by atoms with Gasteiger partial charge in [-0.25, -0.2) is 4.98 Å². The maximum Gasteiger partial charge on any atom is 0.128 e. The molecule has 0 aromatic carbocycles. The fraction of sp³-hybridized carbons (Fsp3) is 0.615. The van der Waals surface area contributed by atoms with Gasteiger partial charge in [0.2, 0.25) is 0 Å². The monoisotopic (exact) mass is 237 g/mol. The summed E-state index contributed by atoms with van der Waals surface area (Å²) in [6.45, 7) is 7.06. The number of hydrogen-bond acceptors (Lipinski definition) is 4. The van der Waals surface area contributed by atoms with Crippen LogP contribution in [0.2, 0.25) is 0 Å². The molecule has 0 radical (unpaired) electrons. The van der Waals surface area contributed by atoms with Crippen LogP contribution in [0, 0.1) is 0 Å². The van der Waals surface area contributed by atoms with E-state index in [1.54, 1.807) is 0 Å². The molecule has 17 heavy (non-hydrogen) atoms. The average molecular weight is 237 g/mol. The Balaban J connectivity index is 2.84. The first-order valence-electron chi connectivity index (χ1n) is 6.10. The van der Waals surface area contributed by atoms with Crippen LogP contribution >= 0.6 is 0 Å². The molecule has 0 saturated carbocycles. The minimum absolute atomic E-state index is 0.147. The molecule has 1 heterocycles. The molecule has 0 amide bonds. The molecule has 0 aliphatic rings. The highest BCUT2D eigenvalue weighted by Crippen LogP contribution is 2.17. The molecule has 1 atom stereocenters. The van der Waals surface area contributed by atoms with Crippen molar-refractivity contribution in [2.24, 2.45) is 0 Å². The Kier molecular flexibility index (Phi) is 5.38. The first-order chi connectivity index (χ1) is 8.10. The molecule has 2 N–H and O–H groups in total. The summed E-state index contributed by atoms with van der Waals surface area (Å²) in [4.78, 5) is 6.55. The zero-order valence-electron chi connectivity index (χ0n) is 11.1. The number of nitrogens with one attached hydrogen (secondary N) is 1. The van der Waals surface area contributed by atoms with Crippen molar-refractivity contribution in [2.75, 3.05) is 25.1 Å². The van der Waals surface area contributed by atoms with Crippen molar-refractivity contribution in [1.82, 2.24) is 10.3 Å². The SMILES string of the molecule is CNC(C)c1ccc(N(CCO)C(C)C)nc1. The van der Waals surface area contributed by atoms with Crippen molar-refractivity contribution < 1.29 is 5.11 Å². The normalized spacial score (nSPS) is 12.8. The smallest absolute Gasteiger partial charge is 0.128 e. The molecule has 0 spiro atoms. The van der Waals surface area contributed by atoms with E-state index in [1.807, 2.05) is 19.3 Å². The van der Waals surface area contributed by atoms with Crippen LogP contribution in [0.25, 0.3) is 0 Å². The van der Waals surface area contributed by atoms with E-state index >= 15 is 0 Å². The Morgan fingerprint density at radius 2 is 2.06 bits per heavy atom. The summed E-state index contributed by atoms with van der Waals surface area (Å²) < 4.78 is 0. The van der Waals surface area contributed by atoms with Gasteiger partial charge in [0.15, 0.2) is 0 Å². The fourth-order valence-corrected chi connectivity index (χ4v) is 1.74. The molecular weight excluding hydrogens is 214 g/mol. The summed E-state index contributed by atoms with van der Waals surface area (Å²) in [5, 5.41) is 12.2. The van der Waals surface area contributed by atoms with Crippen LogP contribution in [0.15, 0.2) is 18.3 Å². The second-order valence-electron chi connectivity index (χ2n) is 4.47. The first kappa shape index (κ1) is 13.9. The standard InChI is InChI=1S/C13H23N3O/c1-10(2)16(7-8-17)13-6-5-12(9-15-13)11(3)14-4/h5-6,9-11,14,17H,7-8H2,1-4H3. The van der Waals surface area contributed by atoms with Gasteiger partial charge in [0.25, 0.3) is 0 Å². The number of rotatable bonds is 6. The summed E-state index contributed by atoms with van der Waals surface area (Å²) in [6, 6.07) is 4.74. The number of pyridine rings is 1. The van der Waals surface area contributed by atoms with Crippen LogP contribution in [0.3, 0.4) is 0 Å². The van der Waals surface area contributed by atoms with Gasteiger partial charge < -0.3 is 15.3 Å². The number of nitrogens with zero attached hydrogens (tertiary/aromatic N) is 2. The van der Waals surface area contributed by atoms with E-state index in [0.29, 0.717) is 18.6 Å². The van der Waals surface area contributed by atoms with E-state index < -0.39 is 0 Å². The third kappa shape index (κ3) is 3.68. The molecule has 1 aromatic heterocycles. The van der Waals surface area contributed by atoms with Gasteiger partial charge in [-0.3, -0.25) is 0 Å². The highest BCUT2D eigenvalue weighted by atomic mass is 16.3. The topological polar surface area (TPSA) is 48.4 Å². The van der Waals surface area contributed by atoms with Gasteiger partial charge in [-0.15, -0.1) is 0 Å². The molecule has 0 fully saturated rings. The lowest BCUT2D eigenvalue weighted by Crippen LogP contribution is -2.34. The molecule has 1 aromatic rings. The van der Waals surface area contributed by atoms with E-state index in [9.17, 15) is 0 Å². The van der Waals surface area contributed by atoms with Crippen LogP contribution in [0.5, 0.6) is 0 Å². The molecule has 96 valence electrons. The van der Waals surface area contributed by atoms with E-state index in [2.05, 4.69) is 42.0 Å². The largest absolute Gasteiger partial charge is 0.395 e. The average Bonchev–Trinajstić information content (AvgIpc) is 2.35. The highest BCUT2D eigenvalue weighted by molar-refractivity contribution is 5.40. The third-order valence-corrected chi connectivity index (χ3v) is 2.96. The van der Waals surface area contributed by atoms with Gasteiger partial charge in [0.1, 0.15) is 5.82 Å². The Hall–Kier alpha value is -1.13. The number of aliphatic hydroxyl groups excluding tert-OH is 1. The minimum Gasteiger partial charge on any atom is -0.395 e. The van der Waals surface area contributed by atoms with Gasteiger partial charge in [-0.2, -0.15) is 0 Å². The van der Waals surface area contributed by atoms with Crippen molar-refractivity contribution >= 4 is 5.82 Å². The molecule has 4 heteroatoms. The Morgan fingerprint density at radius 1 is 1.35 bits per heavy atom. The van der Waals surface area contributed by atoms with Crippen molar-refractivity contribution in [2.45, 2.75) is 32.9 Å². The fourth-order valence-electron chi connectivity index (χ4n) is 1.74. The molecule has 0 aliphatic carbocycles. The van der Waals surface area contributed by atoms with E-state index in [1.165, 1.54) is 5.56 Å². The third-order valence-electron chi connectivity index (χ3n) is 2.96. The van der Waals surface area contributed by atoms with Crippen LogP contribution < -0.4 is 10.2 Å². The predicted molar refractivity (Wildman–Crippen MR) is 71.3 cm³/mol. The Labute approximate surface area is 104 Å². The van der Waals surface area contributed by atoms with Gasteiger partial charge in [-0.1, -0.05) is 6.07 Å². The second-order valence-corrected chi connectivity index (χ2v) is 4.47. The molecular formula is C13H23N3O. The second kappa shape index (κ2) is 6.57. The van der Waals surface area contributed by atoms with E-state index in [0.717, 1.165) is 5.82 Å². The first-order valence-corrected chi connectivity index (χ1v) is 6.10. The Morgan fingerprint density at radius 3 is 2.47 bits per heavy atom. The van der Waals surface area contributed by atoms with Crippen LogP contribution in [-0.2, 0) is 0 Å². The lowest BCUT2D eigenvalue weighted by Gasteiger charge is -2.27. The predicted octanol–water partition coefficient (Wildman–Crippen LogP) is 1.57. The molecule has 0 bridgehead atoms. The number of aliphatic hydroxyl groups is 1. The zero-order chi connectivity index (χ0) is 12.8. The lowest BCUT2D eigenvalue weighted by molar-refractivity contribution is 0.298. The minimum atomic E-state index is 0.147. The van der Waals surface area contributed by atoms with Crippen molar-refractivity contribution in [3.05, 3.63) is 23.9 Å². The number of aromatic nitrogens is 1. The molecule has 1 rings (SSSR count). The zero-order valence-corrected chi connectivity index (χ0v) is 11.1. The summed E-state index contributed by atoms with van der Waals surface area (Å²) >= 11 is 0. The van der Waals surface area contributed by atoms with Crippen molar-refractivity contribution in [1.29, 1.82) is 0 Å².